The summed E-state index contributed by atoms with van der Waals surface area (Å²) in [5.74, 6) is -0.809. The van der Waals surface area contributed by atoms with E-state index in [4.69, 9.17) is 0 Å². The minimum Gasteiger partial charge on any atom is -0.368 e. The highest BCUT2D eigenvalue weighted by Gasteiger charge is 2.36. The highest BCUT2D eigenvalue weighted by molar-refractivity contribution is 5.59. The van der Waals surface area contributed by atoms with Crippen molar-refractivity contribution in [1.82, 2.24) is 19.6 Å². The van der Waals surface area contributed by atoms with E-state index in [2.05, 4.69) is 44.3 Å². The minimum atomic E-state index is -4.60. The summed E-state index contributed by atoms with van der Waals surface area (Å²) in [6, 6.07) is 10.3. The molecule has 2 aromatic heterocycles. The highest BCUT2D eigenvalue weighted by Crippen LogP contribution is 2.31. The molecule has 3 aromatic rings. The van der Waals surface area contributed by atoms with Crippen LogP contribution >= 0.6 is 0 Å². The first-order valence-corrected chi connectivity index (χ1v) is 8.73. The van der Waals surface area contributed by atoms with Crippen LogP contribution in [0, 0.1) is 6.92 Å². The number of halogens is 3. The van der Waals surface area contributed by atoms with Gasteiger partial charge in [0.25, 0.3) is 11.6 Å². The fourth-order valence-electron chi connectivity index (χ4n) is 3.51. The van der Waals surface area contributed by atoms with Gasteiger partial charge in [-0.3, -0.25) is 0 Å². The average molecular weight is 376 g/mol. The number of hydrogen-bond acceptors (Lipinski definition) is 5. The summed E-state index contributed by atoms with van der Waals surface area (Å²) in [6.07, 6.45) is -3.61. The molecule has 0 saturated heterocycles. The van der Waals surface area contributed by atoms with E-state index in [1.165, 1.54) is 11.3 Å². The molecular weight excluding hydrogens is 357 g/mol. The second-order valence-corrected chi connectivity index (χ2v) is 6.73. The molecule has 0 radical (unpaired) electrons. The van der Waals surface area contributed by atoms with Crippen molar-refractivity contribution in [2.75, 3.05) is 23.3 Å². The van der Waals surface area contributed by atoms with Crippen LogP contribution in [0.5, 0.6) is 0 Å². The predicted molar refractivity (Wildman–Crippen MR) is 96.0 cm³/mol. The molecule has 1 unspecified atom stereocenters. The Kier molecular flexibility index (Phi) is 4.16. The van der Waals surface area contributed by atoms with Crippen molar-refractivity contribution >= 4 is 17.3 Å². The normalized spacial score (nSPS) is 16.8. The van der Waals surface area contributed by atoms with E-state index in [1.54, 1.807) is 13.0 Å². The molecule has 0 amide bonds. The average Bonchev–Trinajstić information content (AvgIpc) is 3.16. The molecule has 0 bridgehead atoms. The van der Waals surface area contributed by atoms with E-state index in [0.29, 0.717) is 24.1 Å². The van der Waals surface area contributed by atoms with E-state index < -0.39 is 12.0 Å². The van der Waals surface area contributed by atoms with Gasteiger partial charge in [-0.2, -0.15) is 22.7 Å². The Labute approximate surface area is 154 Å². The maximum atomic E-state index is 12.9. The van der Waals surface area contributed by atoms with Crippen LogP contribution in [0.1, 0.15) is 24.0 Å². The third-order valence-electron chi connectivity index (χ3n) is 4.70. The number of aromatic nitrogens is 4. The van der Waals surface area contributed by atoms with Crippen molar-refractivity contribution in [2.45, 2.75) is 32.5 Å². The third-order valence-corrected chi connectivity index (χ3v) is 4.70. The van der Waals surface area contributed by atoms with Crippen LogP contribution in [0.25, 0.3) is 5.78 Å². The third kappa shape index (κ3) is 3.29. The molecule has 1 aliphatic rings. The molecule has 6 nitrogen and oxygen atoms in total. The number of nitrogens with zero attached hydrogens (tertiary/aromatic N) is 5. The van der Waals surface area contributed by atoms with Gasteiger partial charge in [-0.1, -0.05) is 18.2 Å². The van der Waals surface area contributed by atoms with Crippen molar-refractivity contribution in [3.05, 3.63) is 47.4 Å². The standard InChI is InChI=1S/C18H19F3N6/c1-11-9-15(27-17(23-11)24-16(25-27)18(19,20)21)22-7-8-26-12(2)10-13-5-3-4-6-14(13)26/h3-6,9,12,22H,7-8,10H2,1-2H3. The molecule has 1 aromatic carbocycles. The zero-order valence-electron chi connectivity index (χ0n) is 15.0. The van der Waals surface area contributed by atoms with Gasteiger partial charge in [0.2, 0.25) is 0 Å². The van der Waals surface area contributed by atoms with Crippen molar-refractivity contribution in [1.29, 1.82) is 0 Å². The number of fused-ring (bicyclic) bond motifs is 2. The summed E-state index contributed by atoms with van der Waals surface area (Å²) in [5, 5.41) is 6.75. The van der Waals surface area contributed by atoms with Crippen LogP contribution in [-0.2, 0) is 12.6 Å². The summed E-state index contributed by atoms with van der Waals surface area (Å²) in [7, 11) is 0. The Bertz CT molecular complexity index is 981. The van der Waals surface area contributed by atoms with Crippen LogP contribution in [0.15, 0.2) is 30.3 Å². The molecule has 0 spiro atoms. The van der Waals surface area contributed by atoms with Crippen molar-refractivity contribution in [3.8, 4) is 0 Å². The first-order chi connectivity index (χ1) is 12.8. The van der Waals surface area contributed by atoms with Crippen LogP contribution in [0.2, 0.25) is 0 Å². The van der Waals surface area contributed by atoms with E-state index in [-0.39, 0.29) is 5.78 Å². The molecule has 1 aliphatic heterocycles. The number of rotatable bonds is 4. The monoisotopic (exact) mass is 376 g/mol. The number of anilines is 2. The Hall–Kier alpha value is -2.84. The van der Waals surface area contributed by atoms with Gasteiger partial charge in [0.05, 0.1) is 0 Å². The maximum Gasteiger partial charge on any atom is 0.453 e. The first kappa shape index (κ1) is 17.6. The molecule has 142 valence electrons. The lowest BCUT2D eigenvalue weighted by molar-refractivity contribution is -0.144. The number of para-hydroxylation sites is 1. The summed E-state index contributed by atoms with van der Waals surface area (Å²) in [6.45, 7) is 5.16. The van der Waals surface area contributed by atoms with Gasteiger partial charge in [0.15, 0.2) is 0 Å². The van der Waals surface area contributed by atoms with Crippen molar-refractivity contribution in [2.24, 2.45) is 0 Å². The number of aryl methyl sites for hydroxylation is 1. The minimum absolute atomic E-state index is 0.0651. The van der Waals surface area contributed by atoms with Gasteiger partial charge in [-0.15, -0.1) is 5.10 Å². The summed E-state index contributed by atoms with van der Waals surface area (Å²) in [4.78, 5) is 9.84. The Balaban J connectivity index is 1.53. The number of hydrogen-bond donors (Lipinski definition) is 1. The molecular formula is C18H19F3N6. The molecule has 4 rings (SSSR count). The van der Waals surface area contributed by atoms with E-state index in [1.807, 2.05) is 12.1 Å². The summed E-state index contributed by atoms with van der Waals surface area (Å²) >= 11 is 0. The zero-order valence-corrected chi connectivity index (χ0v) is 15.0. The van der Waals surface area contributed by atoms with Gasteiger partial charge in [0, 0.05) is 36.6 Å². The molecule has 1 N–H and O–H groups in total. The van der Waals surface area contributed by atoms with Gasteiger partial charge in [0.1, 0.15) is 5.82 Å². The molecule has 0 aliphatic carbocycles. The lowest BCUT2D eigenvalue weighted by Gasteiger charge is -2.25. The molecule has 3 heterocycles. The topological polar surface area (TPSA) is 58.4 Å². The molecule has 9 heteroatoms. The van der Waals surface area contributed by atoms with Gasteiger partial charge in [-0.25, -0.2) is 4.98 Å². The Morgan fingerprint density at radius 3 is 2.78 bits per heavy atom. The maximum absolute atomic E-state index is 12.9. The fraction of sp³-hybridized carbons (Fsp3) is 0.389. The lowest BCUT2D eigenvalue weighted by Crippen LogP contribution is -2.34. The smallest absolute Gasteiger partial charge is 0.368 e. The van der Waals surface area contributed by atoms with Crippen LogP contribution in [-0.4, -0.2) is 38.7 Å². The van der Waals surface area contributed by atoms with E-state index >= 15 is 0 Å². The van der Waals surface area contributed by atoms with Gasteiger partial charge in [-0.05, 0) is 31.9 Å². The lowest BCUT2D eigenvalue weighted by atomic mass is 10.1. The number of benzene rings is 1. The predicted octanol–water partition coefficient (Wildman–Crippen LogP) is 3.31. The summed E-state index contributed by atoms with van der Waals surface area (Å²) in [5.41, 5.74) is 3.10. The fourth-order valence-corrected chi connectivity index (χ4v) is 3.51. The van der Waals surface area contributed by atoms with Crippen LogP contribution in [0.3, 0.4) is 0 Å². The van der Waals surface area contributed by atoms with Gasteiger partial charge >= 0.3 is 6.18 Å². The zero-order chi connectivity index (χ0) is 19.2. The van der Waals surface area contributed by atoms with Gasteiger partial charge < -0.3 is 10.2 Å². The highest BCUT2D eigenvalue weighted by atomic mass is 19.4. The SMILES string of the molecule is Cc1cc(NCCN2c3ccccc3CC2C)n2nc(C(F)(F)F)nc2n1. The number of alkyl halides is 3. The summed E-state index contributed by atoms with van der Waals surface area (Å²) < 4.78 is 39.8. The second-order valence-electron chi connectivity index (χ2n) is 6.73. The van der Waals surface area contributed by atoms with Crippen LogP contribution in [0.4, 0.5) is 24.7 Å². The second kappa shape index (κ2) is 6.40. The van der Waals surface area contributed by atoms with E-state index in [0.717, 1.165) is 17.5 Å². The van der Waals surface area contributed by atoms with E-state index in [9.17, 15) is 13.2 Å². The molecule has 0 saturated carbocycles. The molecule has 0 fully saturated rings. The first-order valence-electron chi connectivity index (χ1n) is 8.73. The molecule has 1 atom stereocenters. The van der Waals surface area contributed by atoms with Crippen molar-refractivity contribution < 1.29 is 13.2 Å². The quantitative estimate of drug-likeness (QED) is 0.757. The molecule has 27 heavy (non-hydrogen) atoms. The Morgan fingerprint density at radius 1 is 1.22 bits per heavy atom. The van der Waals surface area contributed by atoms with Crippen LogP contribution < -0.4 is 10.2 Å². The number of nitrogens with one attached hydrogen (secondary N) is 1. The largest absolute Gasteiger partial charge is 0.453 e. The Morgan fingerprint density at radius 2 is 2.00 bits per heavy atom. The van der Waals surface area contributed by atoms with Crippen molar-refractivity contribution in [3.63, 3.8) is 0 Å².